The van der Waals surface area contributed by atoms with Crippen LogP contribution in [0.3, 0.4) is 0 Å². The third-order valence-electron chi connectivity index (χ3n) is 3.54. The Morgan fingerprint density at radius 2 is 2.28 bits per heavy atom. The second kappa shape index (κ2) is 6.32. The summed E-state index contributed by atoms with van der Waals surface area (Å²) in [4.78, 5) is 18.8. The summed E-state index contributed by atoms with van der Waals surface area (Å²) >= 11 is 3.32. The molecule has 2 heterocycles. The van der Waals surface area contributed by atoms with Crippen molar-refractivity contribution in [2.45, 2.75) is 45.1 Å². The zero-order valence-electron chi connectivity index (χ0n) is 10.7. The van der Waals surface area contributed by atoms with Crippen LogP contribution in [0.2, 0.25) is 0 Å². The molecular weight excluding hydrogens is 292 g/mol. The minimum Gasteiger partial charge on any atom is -0.334 e. The van der Waals surface area contributed by atoms with E-state index in [2.05, 4.69) is 27.8 Å². The van der Waals surface area contributed by atoms with Gasteiger partial charge in [0.2, 0.25) is 0 Å². The lowest BCUT2D eigenvalue weighted by Gasteiger charge is -2.29. The average Bonchev–Trinajstić information content (AvgIpc) is 2.62. The van der Waals surface area contributed by atoms with Crippen molar-refractivity contribution in [2.75, 3.05) is 6.54 Å². The first-order valence-electron chi connectivity index (χ1n) is 6.66. The second-order valence-electron chi connectivity index (χ2n) is 4.76. The molecule has 1 aromatic heterocycles. The number of carbonyl (C=O) groups is 1. The number of pyridine rings is 1. The highest BCUT2D eigenvalue weighted by Gasteiger charge is 2.25. The van der Waals surface area contributed by atoms with Gasteiger partial charge in [0.05, 0.1) is 0 Å². The number of halogens is 1. The van der Waals surface area contributed by atoms with Crippen LogP contribution in [-0.4, -0.2) is 28.4 Å². The van der Waals surface area contributed by atoms with Crippen molar-refractivity contribution < 1.29 is 4.79 Å². The zero-order valence-corrected chi connectivity index (χ0v) is 12.3. The molecule has 4 heteroatoms. The molecule has 0 bridgehead atoms. The Labute approximate surface area is 117 Å². The molecule has 1 aliphatic heterocycles. The van der Waals surface area contributed by atoms with Crippen LogP contribution in [0.4, 0.5) is 0 Å². The fraction of sp³-hybridized carbons (Fsp3) is 0.571. The number of likely N-dealkylation sites (tertiary alicyclic amines) is 1. The monoisotopic (exact) mass is 310 g/mol. The maximum absolute atomic E-state index is 12.5. The summed E-state index contributed by atoms with van der Waals surface area (Å²) in [5.41, 5.74) is 0.546. The third-order valence-corrected chi connectivity index (χ3v) is 3.99. The molecule has 0 aliphatic carbocycles. The molecule has 0 N–H and O–H groups in total. The summed E-state index contributed by atoms with van der Waals surface area (Å²) in [6, 6.07) is 5.88. The highest BCUT2D eigenvalue weighted by atomic mass is 79.9. The Morgan fingerprint density at radius 1 is 1.44 bits per heavy atom. The molecule has 0 aromatic carbocycles. The fourth-order valence-corrected chi connectivity index (χ4v) is 2.89. The number of aromatic nitrogens is 1. The van der Waals surface area contributed by atoms with E-state index in [4.69, 9.17) is 0 Å². The molecular formula is C14H19BrN2O. The van der Waals surface area contributed by atoms with Crippen LogP contribution in [0.5, 0.6) is 0 Å². The van der Waals surface area contributed by atoms with Crippen LogP contribution in [0.15, 0.2) is 22.8 Å². The van der Waals surface area contributed by atoms with Gasteiger partial charge in [-0.15, -0.1) is 0 Å². The quantitative estimate of drug-likeness (QED) is 0.781. The molecule has 1 saturated heterocycles. The molecule has 0 spiro atoms. The first-order valence-corrected chi connectivity index (χ1v) is 7.45. The van der Waals surface area contributed by atoms with Gasteiger partial charge in [-0.25, -0.2) is 4.98 Å². The van der Waals surface area contributed by atoms with E-state index in [0.717, 1.165) is 30.4 Å². The van der Waals surface area contributed by atoms with Crippen molar-refractivity contribution in [3.63, 3.8) is 0 Å². The number of carbonyl (C=O) groups excluding carboxylic acids is 1. The van der Waals surface area contributed by atoms with Gasteiger partial charge in [0.25, 0.3) is 5.91 Å². The smallest absolute Gasteiger partial charge is 0.272 e. The van der Waals surface area contributed by atoms with Crippen LogP contribution >= 0.6 is 15.9 Å². The van der Waals surface area contributed by atoms with Gasteiger partial charge >= 0.3 is 0 Å². The number of rotatable bonds is 2. The minimum atomic E-state index is 0.0741. The van der Waals surface area contributed by atoms with E-state index in [1.54, 1.807) is 6.07 Å². The standard InChI is InChI=1S/C14H19BrN2O/c1-2-11-7-4-3-5-10-17(11)14(18)12-8-6-9-13(15)16-12/h6,8-9,11H,2-5,7,10H2,1H3. The van der Waals surface area contributed by atoms with Crippen molar-refractivity contribution in [1.29, 1.82) is 0 Å². The first kappa shape index (κ1) is 13.5. The van der Waals surface area contributed by atoms with Crippen LogP contribution in [-0.2, 0) is 0 Å². The second-order valence-corrected chi connectivity index (χ2v) is 5.57. The van der Waals surface area contributed by atoms with Crippen molar-refractivity contribution in [1.82, 2.24) is 9.88 Å². The molecule has 18 heavy (non-hydrogen) atoms. The molecule has 2 rings (SSSR count). The Kier molecular flexibility index (Phi) is 4.75. The Hall–Kier alpha value is -0.900. The first-order chi connectivity index (χ1) is 8.72. The van der Waals surface area contributed by atoms with Crippen LogP contribution < -0.4 is 0 Å². The lowest BCUT2D eigenvalue weighted by atomic mass is 10.1. The van der Waals surface area contributed by atoms with Gasteiger partial charge in [-0.2, -0.15) is 0 Å². The number of hydrogen-bond donors (Lipinski definition) is 0. The van der Waals surface area contributed by atoms with E-state index in [1.807, 2.05) is 17.0 Å². The Morgan fingerprint density at radius 3 is 3.00 bits per heavy atom. The Balaban J connectivity index is 2.19. The number of hydrogen-bond acceptors (Lipinski definition) is 2. The van der Waals surface area contributed by atoms with Gasteiger partial charge in [-0.1, -0.05) is 25.8 Å². The van der Waals surface area contributed by atoms with Gasteiger partial charge in [-0.05, 0) is 47.3 Å². The summed E-state index contributed by atoms with van der Waals surface area (Å²) < 4.78 is 0.719. The zero-order chi connectivity index (χ0) is 13.0. The molecule has 0 saturated carbocycles. The van der Waals surface area contributed by atoms with Crippen molar-refractivity contribution in [3.05, 3.63) is 28.5 Å². The molecule has 1 unspecified atom stereocenters. The maximum Gasteiger partial charge on any atom is 0.272 e. The third kappa shape index (κ3) is 3.10. The molecule has 1 amide bonds. The molecule has 1 fully saturated rings. The lowest BCUT2D eigenvalue weighted by Crippen LogP contribution is -2.40. The predicted octanol–water partition coefficient (Wildman–Crippen LogP) is 3.64. The number of amides is 1. The van der Waals surface area contributed by atoms with Gasteiger partial charge in [0.1, 0.15) is 10.3 Å². The molecule has 1 aromatic rings. The minimum absolute atomic E-state index is 0.0741. The highest BCUT2D eigenvalue weighted by molar-refractivity contribution is 9.10. The van der Waals surface area contributed by atoms with E-state index < -0.39 is 0 Å². The molecule has 1 atom stereocenters. The van der Waals surface area contributed by atoms with Gasteiger partial charge in [0, 0.05) is 12.6 Å². The van der Waals surface area contributed by atoms with E-state index in [-0.39, 0.29) is 5.91 Å². The van der Waals surface area contributed by atoms with Crippen molar-refractivity contribution in [3.8, 4) is 0 Å². The van der Waals surface area contributed by atoms with Crippen LogP contribution in [0, 0.1) is 0 Å². The molecule has 0 radical (unpaired) electrons. The summed E-state index contributed by atoms with van der Waals surface area (Å²) in [5, 5.41) is 0. The Bertz CT molecular complexity index is 422. The van der Waals surface area contributed by atoms with E-state index in [9.17, 15) is 4.79 Å². The maximum atomic E-state index is 12.5. The van der Waals surface area contributed by atoms with Crippen LogP contribution in [0.25, 0.3) is 0 Å². The van der Waals surface area contributed by atoms with Crippen molar-refractivity contribution >= 4 is 21.8 Å². The van der Waals surface area contributed by atoms with E-state index in [1.165, 1.54) is 12.8 Å². The van der Waals surface area contributed by atoms with Gasteiger partial charge in [-0.3, -0.25) is 4.79 Å². The summed E-state index contributed by atoms with van der Waals surface area (Å²) in [6.45, 7) is 3.02. The normalized spacial score (nSPS) is 20.6. The topological polar surface area (TPSA) is 33.2 Å². The van der Waals surface area contributed by atoms with E-state index >= 15 is 0 Å². The lowest BCUT2D eigenvalue weighted by molar-refractivity contribution is 0.0672. The largest absolute Gasteiger partial charge is 0.334 e. The summed E-state index contributed by atoms with van der Waals surface area (Å²) in [5.74, 6) is 0.0741. The predicted molar refractivity (Wildman–Crippen MR) is 75.5 cm³/mol. The molecule has 3 nitrogen and oxygen atoms in total. The molecule has 98 valence electrons. The fourth-order valence-electron chi connectivity index (χ4n) is 2.54. The van der Waals surface area contributed by atoms with Crippen LogP contribution in [0.1, 0.15) is 49.5 Å². The SMILES string of the molecule is CCC1CCCCCN1C(=O)c1cccc(Br)n1. The van der Waals surface area contributed by atoms with E-state index in [0.29, 0.717) is 11.7 Å². The average molecular weight is 311 g/mol. The van der Waals surface area contributed by atoms with Gasteiger partial charge < -0.3 is 4.90 Å². The molecule has 1 aliphatic rings. The highest BCUT2D eigenvalue weighted by Crippen LogP contribution is 2.21. The summed E-state index contributed by atoms with van der Waals surface area (Å²) in [6.07, 6.45) is 5.71. The number of nitrogens with zero attached hydrogens (tertiary/aromatic N) is 2. The summed E-state index contributed by atoms with van der Waals surface area (Å²) in [7, 11) is 0. The van der Waals surface area contributed by atoms with Crippen molar-refractivity contribution in [2.24, 2.45) is 0 Å². The van der Waals surface area contributed by atoms with Gasteiger partial charge in [0.15, 0.2) is 0 Å².